The highest BCUT2D eigenvalue weighted by atomic mass is 19.4. The van der Waals surface area contributed by atoms with Crippen molar-refractivity contribution in [1.82, 2.24) is 10.2 Å². The molecule has 1 unspecified atom stereocenters. The fourth-order valence-corrected chi connectivity index (χ4v) is 2.54. The first kappa shape index (κ1) is 18.1. The molecular formula is C17H19F3N2O2. The van der Waals surface area contributed by atoms with Crippen molar-refractivity contribution in [1.29, 1.82) is 0 Å². The molecule has 0 saturated carbocycles. The molecule has 1 aliphatic heterocycles. The summed E-state index contributed by atoms with van der Waals surface area (Å²) in [6, 6.07) is 4.38. The molecule has 4 nitrogen and oxygen atoms in total. The third-order valence-corrected chi connectivity index (χ3v) is 3.71. The number of likely N-dealkylation sites (tertiary alicyclic amines) is 1. The fraction of sp³-hybridized carbons (Fsp3) is 0.471. The second-order valence-electron chi connectivity index (χ2n) is 6.06. The number of carbonyl (C=O) groups excluding carboxylic acids is 1. The molecule has 1 heterocycles. The van der Waals surface area contributed by atoms with Gasteiger partial charge in [-0.3, -0.25) is 0 Å². The molecule has 1 saturated heterocycles. The molecule has 1 aromatic carbocycles. The van der Waals surface area contributed by atoms with Crippen LogP contribution >= 0.6 is 0 Å². The molecule has 2 N–H and O–H groups in total. The van der Waals surface area contributed by atoms with E-state index in [0.29, 0.717) is 13.0 Å². The van der Waals surface area contributed by atoms with Gasteiger partial charge in [-0.15, -0.1) is 0 Å². The van der Waals surface area contributed by atoms with Gasteiger partial charge in [0, 0.05) is 12.1 Å². The quantitative estimate of drug-likeness (QED) is 0.772. The average Bonchev–Trinajstić information content (AvgIpc) is 2.50. The number of alkyl halides is 3. The van der Waals surface area contributed by atoms with Crippen LogP contribution in [0.15, 0.2) is 24.3 Å². The number of β-amino-alcohol motifs (C(OH)–C–C–N with tert-alkyl or cyclic N) is 1. The van der Waals surface area contributed by atoms with E-state index in [2.05, 4.69) is 17.2 Å². The molecule has 1 aliphatic rings. The molecule has 1 fully saturated rings. The molecular weight excluding hydrogens is 321 g/mol. The van der Waals surface area contributed by atoms with Gasteiger partial charge in [0.25, 0.3) is 0 Å². The van der Waals surface area contributed by atoms with Crippen molar-refractivity contribution in [3.05, 3.63) is 35.4 Å². The largest absolute Gasteiger partial charge is 0.416 e. The van der Waals surface area contributed by atoms with Crippen LogP contribution in [0.4, 0.5) is 18.0 Å². The first-order chi connectivity index (χ1) is 11.2. The minimum atomic E-state index is -4.41. The molecule has 0 radical (unpaired) electrons. The second-order valence-corrected chi connectivity index (χ2v) is 6.06. The lowest BCUT2D eigenvalue weighted by Gasteiger charge is -2.36. The van der Waals surface area contributed by atoms with Gasteiger partial charge in [0.2, 0.25) is 0 Å². The Morgan fingerprint density at radius 1 is 1.46 bits per heavy atom. The topological polar surface area (TPSA) is 52.6 Å². The van der Waals surface area contributed by atoms with Crippen LogP contribution in [0.1, 0.15) is 30.9 Å². The van der Waals surface area contributed by atoms with Gasteiger partial charge >= 0.3 is 12.2 Å². The zero-order chi connectivity index (χ0) is 17.8. The summed E-state index contributed by atoms with van der Waals surface area (Å²) in [5.74, 6) is 5.23. The number of carbonyl (C=O) groups is 1. The van der Waals surface area contributed by atoms with Crippen molar-refractivity contribution < 1.29 is 23.1 Å². The summed E-state index contributed by atoms with van der Waals surface area (Å²) >= 11 is 0. The fourth-order valence-electron chi connectivity index (χ4n) is 2.54. The molecule has 1 atom stereocenters. The number of hydrogen-bond acceptors (Lipinski definition) is 2. The first-order valence-electron chi connectivity index (χ1n) is 7.59. The Labute approximate surface area is 138 Å². The maximum absolute atomic E-state index is 12.6. The van der Waals surface area contributed by atoms with Crippen LogP contribution in [0.5, 0.6) is 0 Å². The molecule has 0 spiro atoms. The molecule has 0 aromatic heterocycles. The van der Waals surface area contributed by atoms with Gasteiger partial charge in [-0.2, -0.15) is 13.2 Å². The van der Waals surface area contributed by atoms with Crippen LogP contribution in [-0.4, -0.2) is 41.3 Å². The van der Waals surface area contributed by atoms with E-state index in [-0.39, 0.29) is 24.7 Å². The van der Waals surface area contributed by atoms with Crippen molar-refractivity contribution in [2.75, 3.05) is 19.6 Å². The molecule has 1 aromatic rings. The van der Waals surface area contributed by atoms with Crippen molar-refractivity contribution in [2.45, 2.75) is 31.5 Å². The van der Waals surface area contributed by atoms with Crippen molar-refractivity contribution in [3.8, 4) is 11.8 Å². The highest BCUT2D eigenvalue weighted by molar-refractivity contribution is 5.74. The van der Waals surface area contributed by atoms with Crippen LogP contribution in [-0.2, 0) is 6.18 Å². The van der Waals surface area contributed by atoms with Gasteiger partial charge < -0.3 is 15.3 Å². The van der Waals surface area contributed by atoms with E-state index in [0.717, 1.165) is 18.6 Å². The number of benzene rings is 1. The van der Waals surface area contributed by atoms with Gasteiger partial charge in [-0.25, -0.2) is 4.79 Å². The van der Waals surface area contributed by atoms with Crippen LogP contribution in [0, 0.1) is 11.8 Å². The molecule has 24 heavy (non-hydrogen) atoms. The standard InChI is InChI=1S/C17H19F3N2O2/c1-16(24)8-4-10-22(12-16)15(23)21-9-3-6-13-5-2-7-14(11-13)17(18,19)20/h2,5,7,11,24H,4,8-10,12H2,1H3,(H,21,23). The average molecular weight is 340 g/mol. The summed E-state index contributed by atoms with van der Waals surface area (Å²) < 4.78 is 37.8. The number of rotatable bonds is 1. The number of hydrogen-bond donors (Lipinski definition) is 2. The molecule has 7 heteroatoms. The van der Waals surface area contributed by atoms with Gasteiger partial charge in [-0.1, -0.05) is 17.9 Å². The number of amides is 2. The van der Waals surface area contributed by atoms with Crippen LogP contribution < -0.4 is 5.32 Å². The number of nitrogens with one attached hydrogen (secondary N) is 1. The first-order valence-corrected chi connectivity index (χ1v) is 7.59. The Bertz CT molecular complexity index is 660. The molecule has 2 amide bonds. The second kappa shape index (κ2) is 7.14. The van der Waals surface area contributed by atoms with E-state index in [4.69, 9.17) is 0 Å². The van der Waals surface area contributed by atoms with Crippen LogP contribution in [0.25, 0.3) is 0 Å². The predicted molar refractivity (Wildman–Crippen MR) is 83.2 cm³/mol. The highest BCUT2D eigenvalue weighted by Crippen LogP contribution is 2.29. The summed E-state index contributed by atoms with van der Waals surface area (Å²) in [6.07, 6.45) is -3.04. The zero-order valence-electron chi connectivity index (χ0n) is 13.3. The number of piperidine rings is 1. The third-order valence-electron chi connectivity index (χ3n) is 3.71. The molecule has 2 rings (SSSR count). The van der Waals surface area contributed by atoms with Crippen LogP contribution in [0.3, 0.4) is 0 Å². The lowest BCUT2D eigenvalue weighted by molar-refractivity contribution is -0.137. The minimum Gasteiger partial charge on any atom is -0.388 e. The van der Waals surface area contributed by atoms with Gasteiger partial charge in [0.1, 0.15) is 0 Å². The number of urea groups is 1. The van der Waals surface area contributed by atoms with Gasteiger partial charge in [0.15, 0.2) is 0 Å². The van der Waals surface area contributed by atoms with Crippen LogP contribution in [0.2, 0.25) is 0 Å². The third kappa shape index (κ3) is 5.17. The SMILES string of the molecule is CC1(O)CCCN(C(=O)NCC#Cc2cccc(C(F)(F)F)c2)C1. The monoisotopic (exact) mass is 340 g/mol. The lowest BCUT2D eigenvalue weighted by atomic mass is 9.95. The molecule has 0 aliphatic carbocycles. The van der Waals surface area contributed by atoms with E-state index in [1.807, 2.05) is 0 Å². The molecule has 130 valence electrons. The Kier molecular flexibility index (Phi) is 5.40. The number of nitrogens with zero attached hydrogens (tertiary/aromatic N) is 1. The van der Waals surface area contributed by atoms with Crippen molar-refractivity contribution >= 4 is 6.03 Å². The van der Waals surface area contributed by atoms with E-state index >= 15 is 0 Å². The van der Waals surface area contributed by atoms with Crippen molar-refractivity contribution in [2.24, 2.45) is 0 Å². The van der Waals surface area contributed by atoms with E-state index in [1.54, 1.807) is 6.92 Å². The van der Waals surface area contributed by atoms with E-state index in [1.165, 1.54) is 17.0 Å². The Hall–Kier alpha value is -2.20. The predicted octanol–water partition coefficient (Wildman–Crippen LogP) is 2.61. The summed E-state index contributed by atoms with van der Waals surface area (Å²) in [6.45, 7) is 2.51. The summed E-state index contributed by atoms with van der Waals surface area (Å²) in [5, 5.41) is 12.5. The Balaban J connectivity index is 1.89. The van der Waals surface area contributed by atoms with Gasteiger partial charge in [-0.05, 0) is 38.0 Å². The van der Waals surface area contributed by atoms with Gasteiger partial charge in [0.05, 0.1) is 24.3 Å². The number of aliphatic hydroxyl groups is 1. The van der Waals surface area contributed by atoms with E-state index < -0.39 is 17.3 Å². The highest BCUT2D eigenvalue weighted by Gasteiger charge is 2.31. The summed E-state index contributed by atoms with van der Waals surface area (Å²) in [4.78, 5) is 13.5. The maximum Gasteiger partial charge on any atom is 0.416 e. The zero-order valence-corrected chi connectivity index (χ0v) is 13.3. The van der Waals surface area contributed by atoms with E-state index in [9.17, 15) is 23.1 Å². The normalized spacial score (nSPS) is 21.0. The Morgan fingerprint density at radius 2 is 2.21 bits per heavy atom. The number of halogens is 3. The smallest absolute Gasteiger partial charge is 0.388 e. The maximum atomic E-state index is 12.6. The lowest BCUT2D eigenvalue weighted by Crippen LogP contribution is -2.51. The summed E-state index contributed by atoms with van der Waals surface area (Å²) in [7, 11) is 0. The molecule has 0 bridgehead atoms. The minimum absolute atomic E-state index is 0.0215. The summed E-state index contributed by atoms with van der Waals surface area (Å²) in [5.41, 5.74) is -1.41. The Morgan fingerprint density at radius 3 is 2.88 bits per heavy atom. The van der Waals surface area contributed by atoms with Crippen molar-refractivity contribution in [3.63, 3.8) is 0 Å².